The normalized spacial score (nSPS) is 15.2. The molecule has 0 unspecified atom stereocenters. The molecule has 1 N–H and O–H groups in total. The number of benzene rings is 2. The Morgan fingerprint density at radius 1 is 1.32 bits per heavy atom. The van der Waals surface area contributed by atoms with Gasteiger partial charge in [-0.25, -0.2) is 0 Å². The molecule has 2 aromatic rings. The van der Waals surface area contributed by atoms with E-state index in [9.17, 15) is 9.90 Å². The zero-order valence-corrected chi connectivity index (χ0v) is 14.3. The van der Waals surface area contributed by atoms with Crippen molar-refractivity contribution in [1.82, 2.24) is 0 Å². The number of hydrogen-bond donors (Lipinski definition) is 1. The van der Waals surface area contributed by atoms with Crippen LogP contribution in [0.25, 0.3) is 6.08 Å². The van der Waals surface area contributed by atoms with E-state index in [1.54, 1.807) is 6.07 Å². The van der Waals surface area contributed by atoms with Gasteiger partial charge in [0, 0.05) is 17.6 Å². The van der Waals surface area contributed by atoms with Crippen LogP contribution in [0.5, 0.6) is 11.5 Å². The van der Waals surface area contributed by atoms with Gasteiger partial charge in [-0.3, -0.25) is 4.79 Å². The second-order valence-electron chi connectivity index (χ2n) is 5.12. The number of carbonyl (C=O) groups excluding carboxylic acids is 1. The number of hydrogen-bond acceptors (Lipinski definition) is 3. The number of aromatic hydroxyl groups is 1. The Balaban J connectivity index is 1.99. The molecule has 1 aliphatic rings. The minimum atomic E-state index is 0.0802. The molecule has 3 rings (SSSR count). The summed E-state index contributed by atoms with van der Waals surface area (Å²) in [5.74, 6) is 0.673. The van der Waals surface area contributed by atoms with Crippen LogP contribution in [0.2, 0.25) is 0 Å². The number of carbonyl (C=O) groups is 1. The van der Waals surface area contributed by atoms with Crippen molar-refractivity contribution in [2.45, 2.75) is 13.3 Å². The number of phenolic OH excluding ortho intramolecular Hbond substituents is 1. The first kappa shape index (κ1) is 15.1. The van der Waals surface area contributed by atoms with Gasteiger partial charge in [0.05, 0.1) is 10.2 Å². The van der Waals surface area contributed by atoms with Crippen molar-refractivity contribution in [3.05, 3.63) is 62.2 Å². The summed E-state index contributed by atoms with van der Waals surface area (Å²) in [6.07, 6.45) is 2.53. The molecule has 0 heterocycles. The summed E-state index contributed by atoms with van der Waals surface area (Å²) in [5.41, 5.74) is 3.48. The zero-order valence-electron chi connectivity index (χ0n) is 12.1. The molecule has 0 aliphatic heterocycles. The number of ketones is 1. The van der Waals surface area contributed by atoms with E-state index in [4.69, 9.17) is 4.74 Å². The smallest absolute Gasteiger partial charge is 0.189 e. The molecule has 0 saturated carbocycles. The van der Waals surface area contributed by atoms with Gasteiger partial charge in [-0.15, -0.1) is 0 Å². The van der Waals surface area contributed by atoms with Crippen molar-refractivity contribution in [3.63, 3.8) is 0 Å². The summed E-state index contributed by atoms with van der Waals surface area (Å²) in [7, 11) is 0. The molecule has 0 bridgehead atoms. The Morgan fingerprint density at radius 2 is 2.09 bits per heavy atom. The highest BCUT2D eigenvalue weighted by atomic mass is 127. The summed E-state index contributed by atoms with van der Waals surface area (Å²) < 4.78 is 6.15. The molecular formula is C18H15IO3. The van der Waals surface area contributed by atoms with Gasteiger partial charge in [-0.1, -0.05) is 24.3 Å². The highest BCUT2D eigenvalue weighted by Crippen LogP contribution is 2.34. The molecule has 0 radical (unpaired) electrons. The maximum Gasteiger partial charge on any atom is 0.189 e. The Bertz CT molecular complexity index is 778. The van der Waals surface area contributed by atoms with Crippen LogP contribution in [-0.4, -0.2) is 17.5 Å². The first-order valence-electron chi connectivity index (χ1n) is 7.08. The third-order valence-corrected chi connectivity index (χ3v) is 4.45. The maximum absolute atomic E-state index is 12.4. The molecule has 0 spiro atoms. The predicted octanol–water partition coefficient (Wildman–Crippen LogP) is 4.22. The molecule has 0 fully saturated rings. The Morgan fingerprint density at radius 3 is 2.82 bits per heavy atom. The van der Waals surface area contributed by atoms with E-state index >= 15 is 0 Å². The molecule has 0 saturated heterocycles. The molecule has 2 aromatic carbocycles. The number of Topliss-reactive ketones (excluding diaryl/α,β-unsaturated/α-hetero) is 1. The van der Waals surface area contributed by atoms with Crippen molar-refractivity contribution in [3.8, 4) is 11.5 Å². The van der Waals surface area contributed by atoms with Crippen LogP contribution in [0.1, 0.15) is 28.4 Å². The third kappa shape index (κ3) is 2.75. The quantitative estimate of drug-likeness (QED) is 0.614. The van der Waals surface area contributed by atoms with Crippen LogP contribution in [0.3, 0.4) is 0 Å². The lowest BCUT2D eigenvalue weighted by Gasteiger charge is -2.09. The van der Waals surface area contributed by atoms with E-state index in [0.29, 0.717) is 22.3 Å². The minimum absolute atomic E-state index is 0.0802. The van der Waals surface area contributed by atoms with Gasteiger partial charge in [-0.2, -0.15) is 0 Å². The average molecular weight is 406 g/mol. The fraction of sp³-hybridized carbons (Fsp3) is 0.167. The van der Waals surface area contributed by atoms with Gasteiger partial charge < -0.3 is 9.84 Å². The van der Waals surface area contributed by atoms with Crippen LogP contribution < -0.4 is 4.74 Å². The van der Waals surface area contributed by atoms with Crippen molar-refractivity contribution < 1.29 is 14.6 Å². The standard InChI is InChI=1S/C18H15IO3/c1-2-22-16-9-11(8-15(19)18(16)21)7-13-10-12-5-3-4-6-14(12)17(13)20/h3-9,21H,2,10H2,1H3/b13-7+. The number of phenols is 1. The van der Waals surface area contributed by atoms with Gasteiger partial charge >= 0.3 is 0 Å². The molecule has 0 atom stereocenters. The Hall–Kier alpha value is -1.82. The van der Waals surface area contributed by atoms with E-state index in [-0.39, 0.29) is 11.5 Å². The summed E-state index contributed by atoms with van der Waals surface area (Å²) in [4.78, 5) is 12.4. The van der Waals surface area contributed by atoms with Crippen LogP contribution in [0, 0.1) is 3.57 Å². The van der Waals surface area contributed by atoms with E-state index in [1.165, 1.54) is 0 Å². The first-order chi connectivity index (χ1) is 10.6. The van der Waals surface area contributed by atoms with Crippen molar-refractivity contribution in [1.29, 1.82) is 0 Å². The van der Waals surface area contributed by atoms with E-state index in [0.717, 1.165) is 22.3 Å². The average Bonchev–Trinajstić information content (AvgIpc) is 2.81. The number of fused-ring (bicyclic) bond motifs is 1. The lowest BCUT2D eigenvalue weighted by Crippen LogP contribution is -1.96. The third-order valence-electron chi connectivity index (χ3n) is 3.63. The summed E-state index contributed by atoms with van der Waals surface area (Å²) in [5, 5.41) is 9.99. The zero-order chi connectivity index (χ0) is 15.7. The first-order valence-corrected chi connectivity index (χ1v) is 8.16. The summed E-state index contributed by atoms with van der Waals surface area (Å²) in [6.45, 7) is 2.35. The van der Waals surface area contributed by atoms with Gasteiger partial charge in [0.15, 0.2) is 17.3 Å². The molecular weight excluding hydrogens is 391 g/mol. The molecule has 1 aliphatic carbocycles. The fourth-order valence-electron chi connectivity index (χ4n) is 2.61. The van der Waals surface area contributed by atoms with E-state index < -0.39 is 0 Å². The van der Waals surface area contributed by atoms with E-state index in [2.05, 4.69) is 22.6 Å². The Labute approximate surface area is 142 Å². The maximum atomic E-state index is 12.4. The number of allylic oxidation sites excluding steroid dienone is 1. The van der Waals surface area contributed by atoms with Gasteiger partial charge in [-0.05, 0) is 58.9 Å². The lowest BCUT2D eigenvalue weighted by atomic mass is 10.1. The number of halogens is 1. The highest BCUT2D eigenvalue weighted by molar-refractivity contribution is 14.1. The van der Waals surface area contributed by atoms with Crippen molar-refractivity contribution in [2.24, 2.45) is 0 Å². The van der Waals surface area contributed by atoms with Crippen LogP contribution in [0.15, 0.2) is 42.0 Å². The molecule has 3 nitrogen and oxygen atoms in total. The highest BCUT2D eigenvalue weighted by Gasteiger charge is 2.24. The van der Waals surface area contributed by atoms with E-state index in [1.807, 2.05) is 43.3 Å². The van der Waals surface area contributed by atoms with Crippen molar-refractivity contribution >= 4 is 34.5 Å². The van der Waals surface area contributed by atoms with Crippen LogP contribution in [0.4, 0.5) is 0 Å². The van der Waals surface area contributed by atoms with Crippen LogP contribution >= 0.6 is 22.6 Å². The van der Waals surface area contributed by atoms with Gasteiger partial charge in [0.25, 0.3) is 0 Å². The minimum Gasteiger partial charge on any atom is -0.504 e. The van der Waals surface area contributed by atoms with Gasteiger partial charge in [0.1, 0.15) is 0 Å². The van der Waals surface area contributed by atoms with Crippen molar-refractivity contribution in [2.75, 3.05) is 6.61 Å². The molecule has 0 aromatic heterocycles. The summed E-state index contributed by atoms with van der Waals surface area (Å²) in [6, 6.07) is 11.3. The molecule has 112 valence electrons. The predicted molar refractivity (Wildman–Crippen MR) is 94.4 cm³/mol. The molecule has 22 heavy (non-hydrogen) atoms. The number of rotatable bonds is 3. The largest absolute Gasteiger partial charge is 0.504 e. The lowest BCUT2D eigenvalue weighted by molar-refractivity contribution is 0.104. The van der Waals surface area contributed by atoms with Gasteiger partial charge in [0.2, 0.25) is 0 Å². The molecule has 0 amide bonds. The summed E-state index contributed by atoms with van der Waals surface area (Å²) >= 11 is 2.06. The topological polar surface area (TPSA) is 46.5 Å². The van der Waals surface area contributed by atoms with Crippen LogP contribution in [-0.2, 0) is 6.42 Å². The number of ether oxygens (including phenoxy) is 1. The monoisotopic (exact) mass is 406 g/mol. The Kier molecular flexibility index (Phi) is 4.20. The second kappa shape index (κ2) is 6.12. The fourth-order valence-corrected chi connectivity index (χ4v) is 3.24. The SMILES string of the molecule is CCOc1cc(/C=C2\Cc3ccccc3C2=O)cc(I)c1O. The molecule has 4 heteroatoms. The second-order valence-corrected chi connectivity index (χ2v) is 6.28.